The number of fused-ring (bicyclic) bond motifs is 7. The molecule has 0 N–H and O–H groups in total. The van der Waals surface area contributed by atoms with Gasteiger partial charge in [-0.3, -0.25) is 4.79 Å². The zero-order chi connectivity index (χ0) is 26.0. The van der Waals surface area contributed by atoms with Gasteiger partial charge >= 0.3 is 5.97 Å². The number of allylic oxidation sites excluding steroid dienone is 1. The topological polar surface area (TPSA) is 44.8 Å². The normalized spacial score (nSPS) is 50.6. The van der Waals surface area contributed by atoms with Crippen LogP contribution in [0.15, 0.2) is 11.6 Å². The van der Waals surface area contributed by atoms with Crippen molar-refractivity contribution >= 4 is 5.97 Å². The molecule has 2 heterocycles. The third kappa shape index (κ3) is 4.17. The predicted molar refractivity (Wildman–Crippen MR) is 146 cm³/mol. The first-order chi connectivity index (χ1) is 17.7. The minimum atomic E-state index is -0.315. The Morgan fingerprint density at radius 1 is 1.08 bits per heavy atom. The van der Waals surface area contributed by atoms with Crippen LogP contribution in [0.3, 0.4) is 0 Å². The second kappa shape index (κ2) is 9.65. The summed E-state index contributed by atoms with van der Waals surface area (Å²) in [6, 6.07) is 0. The summed E-state index contributed by atoms with van der Waals surface area (Å²) in [6.07, 6.45) is 17.4. The second-order valence-corrected chi connectivity index (χ2v) is 14.6. The van der Waals surface area contributed by atoms with Gasteiger partial charge in [-0.15, -0.1) is 0 Å². The molecular weight excluding hydrogens is 460 g/mol. The number of hydrogen-bond acceptors (Lipinski definition) is 4. The molecule has 0 amide bonds. The quantitative estimate of drug-likeness (QED) is 0.214. The highest BCUT2D eigenvalue weighted by molar-refractivity contribution is 5.69. The first kappa shape index (κ1) is 26.4. The van der Waals surface area contributed by atoms with Crippen LogP contribution in [0.2, 0.25) is 0 Å². The molecule has 6 rings (SSSR count). The van der Waals surface area contributed by atoms with Gasteiger partial charge in [-0.05, 0) is 91.8 Å². The Labute approximate surface area is 225 Å². The van der Waals surface area contributed by atoms with Crippen molar-refractivity contribution in [3.8, 4) is 0 Å². The maximum atomic E-state index is 12.4. The molecule has 4 nitrogen and oxygen atoms in total. The Bertz CT molecular complexity index is 902. The molecule has 37 heavy (non-hydrogen) atoms. The van der Waals surface area contributed by atoms with Crippen molar-refractivity contribution in [3.05, 3.63) is 11.6 Å². The first-order valence-corrected chi connectivity index (χ1v) is 15.9. The van der Waals surface area contributed by atoms with Gasteiger partial charge in [0, 0.05) is 25.2 Å². The Kier molecular flexibility index (Phi) is 6.87. The minimum Gasteiger partial charge on any atom is -0.462 e. The molecular formula is C33H52O4. The van der Waals surface area contributed by atoms with Crippen LogP contribution in [0.4, 0.5) is 0 Å². The van der Waals surface area contributed by atoms with Crippen LogP contribution in [0.25, 0.3) is 0 Å². The zero-order valence-corrected chi connectivity index (χ0v) is 24.2. The monoisotopic (exact) mass is 512 g/mol. The average molecular weight is 513 g/mol. The van der Waals surface area contributed by atoms with Crippen molar-refractivity contribution in [2.24, 2.45) is 46.3 Å². The number of rotatable bonds is 5. The molecule has 3 saturated carbocycles. The van der Waals surface area contributed by atoms with Gasteiger partial charge < -0.3 is 14.2 Å². The molecule has 6 aliphatic rings. The lowest BCUT2D eigenvalue weighted by Gasteiger charge is -2.58. The van der Waals surface area contributed by atoms with Gasteiger partial charge in [-0.1, -0.05) is 59.1 Å². The van der Waals surface area contributed by atoms with E-state index >= 15 is 0 Å². The van der Waals surface area contributed by atoms with Crippen molar-refractivity contribution in [1.82, 2.24) is 0 Å². The lowest BCUT2D eigenvalue weighted by molar-refractivity contribution is -0.272. The van der Waals surface area contributed by atoms with E-state index in [1.807, 2.05) is 0 Å². The van der Waals surface area contributed by atoms with Gasteiger partial charge in [0.25, 0.3) is 0 Å². The van der Waals surface area contributed by atoms with Crippen LogP contribution in [0.1, 0.15) is 118 Å². The smallest absolute Gasteiger partial charge is 0.306 e. The predicted octanol–water partition coefficient (Wildman–Crippen LogP) is 7.85. The average Bonchev–Trinajstić information content (AvgIpc) is 3.31. The van der Waals surface area contributed by atoms with E-state index in [0.717, 1.165) is 62.9 Å². The number of esters is 1. The molecule has 0 bridgehead atoms. The van der Waals surface area contributed by atoms with E-state index in [9.17, 15) is 4.79 Å². The molecule has 0 unspecified atom stereocenters. The highest BCUT2D eigenvalue weighted by Crippen LogP contribution is 2.70. The van der Waals surface area contributed by atoms with Crippen molar-refractivity contribution in [3.63, 3.8) is 0 Å². The Morgan fingerprint density at radius 3 is 2.68 bits per heavy atom. The van der Waals surface area contributed by atoms with Gasteiger partial charge in [0.05, 0.1) is 12.7 Å². The van der Waals surface area contributed by atoms with E-state index < -0.39 is 0 Å². The molecule has 2 saturated heterocycles. The number of ether oxygens (including phenoxy) is 3. The SMILES string of the molecule is CCCCCC(=O)O[C@H]1CC[C@@]2(C)C(=CC[C@H]3[C@H]2CC[C@]2(C)[C@@H]4[C@H](C[C@@H]32)O[C@]2(CC[C@@H](C)CO2)[C@H]4C)C1. The fraction of sp³-hybridized carbons (Fsp3) is 0.909. The van der Waals surface area contributed by atoms with Gasteiger partial charge in [-0.25, -0.2) is 0 Å². The summed E-state index contributed by atoms with van der Waals surface area (Å²) >= 11 is 0. The lowest BCUT2D eigenvalue weighted by atomic mass is 9.47. The fourth-order valence-corrected chi connectivity index (χ4v) is 10.5. The highest BCUT2D eigenvalue weighted by Gasteiger charge is 2.68. The van der Waals surface area contributed by atoms with Crippen LogP contribution in [-0.4, -0.2) is 30.6 Å². The molecule has 0 aromatic carbocycles. The third-order valence-corrected chi connectivity index (χ3v) is 12.6. The summed E-state index contributed by atoms with van der Waals surface area (Å²) in [6.45, 7) is 13.0. The molecule has 0 aromatic rings. The minimum absolute atomic E-state index is 0.0190. The number of carbonyl (C=O) groups is 1. The molecule has 4 heteroatoms. The van der Waals surface area contributed by atoms with Gasteiger partial charge in [0.15, 0.2) is 5.79 Å². The molecule has 5 fully saturated rings. The molecule has 2 aliphatic heterocycles. The molecule has 208 valence electrons. The summed E-state index contributed by atoms with van der Waals surface area (Å²) < 4.78 is 19.4. The maximum Gasteiger partial charge on any atom is 0.306 e. The van der Waals surface area contributed by atoms with Crippen LogP contribution < -0.4 is 0 Å². The van der Waals surface area contributed by atoms with Crippen LogP contribution in [-0.2, 0) is 19.0 Å². The van der Waals surface area contributed by atoms with Crippen LogP contribution in [0, 0.1) is 46.3 Å². The summed E-state index contributed by atoms with van der Waals surface area (Å²) in [7, 11) is 0. The van der Waals surface area contributed by atoms with Gasteiger partial charge in [0.2, 0.25) is 0 Å². The fourth-order valence-electron chi connectivity index (χ4n) is 10.5. The Morgan fingerprint density at radius 2 is 1.92 bits per heavy atom. The maximum absolute atomic E-state index is 12.4. The standard InChI is InChI=1S/C33H52O4/c1-6-7-8-9-29(34)36-24-13-15-31(4)23(18-24)10-11-25-26(31)14-16-32(5)27(25)19-28-30(32)22(3)33(37-28)17-12-21(2)20-35-33/h10,21-22,24-28,30H,6-9,11-20H2,1-5H3/t21-,22+,24+,25+,26-,27+,28+,30+,31+,32+,33-/m1/s1. The van der Waals surface area contributed by atoms with Crippen molar-refractivity contribution < 1.29 is 19.0 Å². The Balaban J connectivity index is 1.15. The number of hydrogen-bond donors (Lipinski definition) is 0. The van der Waals surface area contributed by atoms with Crippen molar-refractivity contribution in [2.75, 3.05) is 6.61 Å². The second-order valence-electron chi connectivity index (χ2n) is 14.6. The van der Waals surface area contributed by atoms with Gasteiger partial charge in [-0.2, -0.15) is 0 Å². The molecule has 0 radical (unpaired) electrons. The lowest BCUT2D eigenvalue weighted by Crippen LogP contribution is -2.52. The Hall–Kier alpha value is -0.870. The summed E-state index contributed by atoms with van der Waals surface area (Å²) in [5, 5.41) is 0. The summed E-state index contributed by atoms with van der Waals surface area (Å²) in [5.41, 5.74) is 2.25. The molecule has 1 spiro atoms. The molecule has 4 aliphatic carbocycles. The van der Waals surface area contributed by atoms with Crippen LogP contribution >= 0.6 is 0 Å². The third-order valence-electron chi connectivity index (χ3n) is 12.6. The number of unbranched alkanes of at least 4 members (excludes halogenated alkanes) is 2. The van der Waals surface area contributed by atoms with E-state index in [1.165, 1.54) is 38.5 Å². The number of carbonyl (C=O) groups excluding carboxylic acids is 1. The first-order valence-electron chi connectivity index (χ1n) is 15.9. The van der Waals surface area contributed by atoms with Crippen LogP contribution in [0.5, 0.6) is 0 Å². The van der Waals surface area contributed by atoms with E-state index in [4.69, 9.17) is 14.2 Å². The molecule has 0 aromatic heterocycles. The van der Waals surface area contributed by atoms with Crippen molar-refractivity contribution in [2.45, 2.75) is 136 Å². The van der Waals surface area contributed by atoms with Gasteiger partial charge in [0.1, 0.15) is 6.10 Å². The largest absolute Gasteiger partial charge is 0.462 e. The highest BCUT2D eigenvalue weighted by atomic mass is 16.7. The molecule has 11 atom stereocenters. The van der Waals surface area contributed by atoms with Crippen molar-refractivity contribution in [1.29, 1.82) is 0 Å². The zero-order valence-electron chi connectivity index (χ0n) is 24.2. The van der Waals surface area contributed by atoms with E-state index in [2.05, 4.69) is 40.7 Å². The van der Waals surface area contributed by atoms with E-state index in [0.29, 0.717) is 35.7 Å². The van der Waals surface area contributed by atoms with E-state index in [1.54, 1.807) is 5.57 Å². The van der Waals surface area contributed by atoms with E-state index in [-0.39, 0.29) is 23.3 Å². The summed E-state index contributed by atoms with van der Waals surface area (Å²) in [5.74, 6) is 3.77. The summed E-state index contributed by atoms with van der Waals surface area (Å²) in [4.78, 5) is 12.4.